The Morgan fingerprint density at radius 3 is 2.41 bits per heavy atom. The molecule has 1 aromatic carbocycles. The van der Waals surface area contributed by atoms with Crippen LogP contribution in [0.4, 0.5) is 5.69 Å². The Bertz CT molecular complexity index is 925. The van der Waals surface area contributed by atoms with Crippen LogP contribution in [0.5, 0.6) is 0 Å². The third-order valence-corrected chi connectivity index (χ3v) is 6.58. The molecule has 27 heavy (non-hydrogen) atoms. The molecule has 0 bridgehead atoms. The molecule has 1 N–H and O–H groups in total. The van der Waals surface area contributed by atoms with E-state index in [2.05, 4.69) is 21.7 Å². The Kier molecular flexibility index (Phi) is 4.19. The largest absolute Gasteiger partial charge is 0.496 e. The summed E-state index contributed by atoms with van der Waals surface area (Å²) in [6.07, 6.45) is 4.42. The summed E-state index contributed by atoms with van der Waals surface area (Å²) >= 11 is 0. The highest BCUT2D eigenvalue weighted by molar-refractivity contribution is 6.65. The minimum absolute atomic E-state index is 0.239. The molecule has 0 radical (unpaired) electrons. The number of benzene rings is 1. The van der Waals surface area contributed by atoms with Crippen molar-refractivity contribution >= 4 is 29.2 Å². The number of aliphatic hydroxyl groups excluding tert-OH is 1. The molecule has 1 aromatic heterocycles. The van der Waals surface area contributed by atoms with E-state index in [4.69, 9.17) is 15.9 Å². The lowest BCUT2D eigenvalue weighted by Gasteiger charge is -2.32. The van der Waals surface area contributed by atoms with Gasteiger partial charge in [0.2, 0.25) is 0 Å². The first-order valence-corrected chi connectivity index (χ1v) is 9.69. The van der Waals surface area contributed by atoms with E-state index >= 15 is 0 Å². The zero-order valence-electron chi connectivity index (χ0n) is 16.7. The second-order valence-corrected chi connectivity index (χ2v) is 8.97. The van der Waals surface area contributed by atoms with Crippen LogP contribution >= 0.6 is 0 Å². The fourth-order valence-corrected chi connectivity index (χ4v) is 4.18. The van der Waals surface area contributed by atoms with Gasteiger partial charge >= 0.3 is 7.12 Å². The van der Waals surface area contributed by atoms with Crippen LogP contribution in [0.15, 0.2) is 18.3 Å². The van der Waals surface area contributed by atoms with Gasteiger partial charge in [0.25, 0.3) is 0 Å². The molecular formula is C21H27BN2O3. The minimum Gasteiger partial charge on any atom is -0.399 e. The zero-order valence-corrected chi connectivity index (χ0v) is 16.7. The molecule has 1 aliphatic heterocycles. The summed E-state index contributed by atoms with van der Waals surface area (Å²) < 4.78 is 14.8. The van der Waals surface area contributed by atoms with E-state index < -0.39 is 18.3 Å². The number of aliphatic hydroxyl groups is 1. The van der Waals surface area contributed by atoms with Gasteiger partial charge in [-0.1, -0.05) is 0 Å². The first kappa shape index (κ1) is 18.6. The second-order valence-electron chi connectivity index (χ2n) is 8.97. The monoisotopic (exact) mass is 366 g/mol. The molecule has 6 heteroatoms. The Morgan fingerprint density at radius 1 is 1.19 bits per heavy atom. The molecule has 1 saturated carbocycles. The highest BCUT2D eigenvalue weighted by atomic mass is 16.7. The zero-order chi connectivity index (χ0) is 19.6. The van der Waals surface area contributed by atoms with Crippen molar-refractivity contribution in [2.75, 3.05) is 0 Å². The summed E-state index contributed by atoms with van der Waals surface area (Å²) in [4.78, 5) is 3.68. The van der Waals surface area contributed by atoms with Crippen LogP contribution < -0.4 is 5.46 Å². The molecule has 2 aliphatic rings. The first-order valence-electron chi connectivity index (χ1n) is 9.69. The normalized spacial score (nSPS) is 26.6. The number of hydrogen-bond acceptors (Lipinski definition) is 3. The third kappa shape index (κ3) is 2.89. The number of nitrogens with zero attached hydrogens (tertiary/aromatic N) is 2. The molecule has 0 unspecified atom stereocenters. The van der Waals surface area contributed by atoms with Crippen LogP contribution in [-0.4, -0.2) is 34.1 Å². The average molecular weight is 366 g/mol. The van der Waals surface area contributed by atoms with Gasteiger partial charge in [0, 0.05) is 23.2 Å². The van der Waals surface area contributed by atoms with E-state index in [0.717, 1.165) is 41.2 Å². The summed E-state index contributed by atoms with van der Waals surface area (Å²) in [5.74, 6) is 0. The topological polar surface area (TPSA) is 48.0 Å². The van der Waals surface area contributed by atoms with Crippen molar-refractivity contribution in [2.24, 2.45) is 0 Å². The SMILES string of the molecule is [C-]#[N+]c1cc2c(B3OC(C)(C)C(C)(C)O3)cn([C@@H]3CC[C@@H](O)C3)c2cc1C. The number of hydrogen-bond donors (Lipinski definition) is 1. The maximum Gasteiger partial charge on any atom is 0.496 e. The quantitative estimate of drug-likeness (QED) is 0.648. The van der Waals surface area contributed by atoms with Gasteiger partial charge in [-0.25, -0.2) is 4.85 Å². The van der Waals surface area contributed by atoms with Crippen molar-refractivity contribution in [3.05, 3.63) is 35.3 Å². The predicted octanol–water partition coefficient (Wildman–Crippen LogP) is 3.89. The van der Waals surface area contributed by atoms with Crippen molar-refractivity contribution < 1.29 is 14.4 Å². The van der Waals surface area contributed by atoms with E-state index in [1.165, 1.54) is 0 Å². The van der Waals surface area contributed by atoms with Gasteiger partial charge in [0.15, 0.2) is 5.69 Å². The molecule has 2 aromatic rings. The predicted molar refractivity (Wildman–Crippen MR) is 108 cm³/mol. The van der Waals surface area contributed by atoms with Crippen LogP contribution in [0.2, 0.25) is 0 Å². The van der Waals surface area contributed by atoms with Crippen molar-refractivity contribution in [1.29, 1.82) is 0 Å². The van der Waals surface area contributed by atoms with E-state index in [-0.39, 0.29) is 12.1 Å². The van der Waals surface area contributed by atoms with E-state index in [1.807, 2.05) is 40.7 Å². The lowest BCUT2D eigenvalue weighted by atomic mass is 9.79. The standard InChI is InChI=1S/C21H27BN2O3/c1-13-9-19-16(11-18(13)23-6)17(12-24(19)14-7-8-15(25)10-14)22-26-20(2,3)21(4,5)27-22/h9,11-12,14-15,25H,7-8,10H2,1-5H3/t14-,15-/m1/s1. The van der Waals surface area contributed by atoms with Crippen LogP contribution in [-0.2, 0) is 9.31 Å². The lowest BCUT2D eigenvalue weighted by Crippen LogP contribution is -2.41. The molecule has 5 nitrogen and oxygen atoms in total. The number of fused-ring (bicyclic) bond motifs is 1. The number of rotatable bonds is 2. The highest BCUT2D eigenvalue weighted by Crippen LogP contribution is 2.39. The van der Waals surface area contributed by atoms with Crippen molar-refractivity contribution in [3.63, 3.8) is 0 Å². The molecule has 2 heterocycles. The molecule has 2 atom stereocenters. The molecular weight excluding hydrogens is 339 g/mol. The van der Waals surface area contributed by atoms with Crippen LogP contribution in [0.25, 0.3) is 15.7 Å². The Hall–Kier alpha value is -1.81. The smallest absolute Gasteiger partial charge is 0.399 e. The Balaban J connectivity index is 1.87. The third-order valence-electron chi connectivity index (χ3n) is 6.58. The Morgan fingerprint density at radius 2 is 1.85 bits per heavy atom. The molecule has 1 saturated heterocycles. The average Bonchev–Trinajstić information content (AvgIpc) is 3.21. The summed E-state index contributed by atoms with van der Waals surface area (Å²) in [6, 6.07) is 4.30. The fraction of sp³-hybridized carbons (Fsp3) is 0.571. The van der Waals surface area contributed by atoms with Crippen molar-refractivity contribution in [1.82, 2.24) is 4.57 Å². The van der Waals surface area contributed by atoms with Gasteiger partial charge in [-0.15, -0.1) is 0 Å². The van der Waals surface area contributed by atoms with Crippen molar-refractivity contribution in [2.45, 2.75) is 77.2 Å². The van der Waals surface area contributed by atoms with Gasteiger partial charge in [-0.2, -0.15) is 0 Å². The highest BCUT2D eigenvalue weighted by Gasteiger charge is 2.52. The summed E-state index contributed by atoms with van der Waals surface area (Å²) in [6.45, 7) is 17.7. The van der Waals surface area contributed by atoms with Gasteiger partial charge in [-0.3, -0.25) is 0 Å². The second kappa shape index (κ2) is 6.10. The Labute approximate surface area is 161 Å². The molecule has 2 fully saturated rings. The minimum atomic E-state index is -0.466. The van der Waals surface area contributed by atoms with E-state index in [9.17, 15) is 5.11 Å². The summed E-state index contributed by atoms with van der Waals surface area (Å²) in [7, 11) is -0.466. The van der Waals surface area contributed by atoms with Crippen LogP contribution in [0, 0.1) is 13.5 Å². The van der Waals surface area contributed by atoms with Gasteiger partial charge in [0.1, 0.15) is 0 Å². The van der Waals surface area contributed by atoms with Gasteiger partial charge in [0.05, 0.1) is 23.9 Å². The maximum atomic E-state index is 10.0. The molecule has 142 valence electrons. The first-order chi connectivity index (χ1) is 12.6. The van der Waals surface area contributed by atoms with Crippen LogP contribution in [0.3, 0.4) is 0 Å². The lowest BCUT2D eigenvalue weighted by molar-refractivity contribution is 0.00578. The van der Waals surface area contributed by atoms with Gasteiger partial charge < -0.3 is 19.0 Å². The summed E-state index contributed by atoms with van der Waals surface area (Å²) in [5, 5.41) is 11.0. The van der Waals surface area contributed by atoms with E-state index in [1.54, 1.807) is 0 Å². The van der Waals surface area contributed by atoms with Gasteiger partial charge in [-0.05, 0) is 77.0 Å². The molecule has 0 spiro atoms. The number of aryl methyl sites for hydroxylation is 1. The molecule has 0 amide bonds. The summed E-state index contributed by atoms with van der Waals surface area (Å²) in [5.41, 5.74) is 2.85. The molecule has 1 aliphatic carbocycles. The molecule has 4 rings (SSSR count). The fourth-order valence-electron chi connectivity index (χ4n) is 4.18. The van der Waals surface area contributed by atoms with Crippen LogP contribution in [0.1, 0.15) is 58.6 Å². The number of aromatic nitrogens is 1. The van der Waals surface area contributed by atoms with Crippen molar-refractivity contribution in [3.8, 4) is 0 Å². The van der Waals surface area contributed by atoms with E-state index in [0.29, 0.717) is 5.69 Å². The maximum absolute atomic E-state index is 10.0.